The van der Waals surface area contributed by atoms with Gasteiger partial charge in [0.05, 0.1) is 12.3 Å². The normalized spacial score (nSPS) is 18.4. The van der Waals surface area contributed by atoms with Crippen LogP contribution in [0.5, 0.6) is 0 Å². The van der Waals surface area contributed by atoms with E-state index in [1.54, 1.807) is 4.57 Å². The van der Waals surface area contributed by atoms with Crippen molar-refractivity contribution in [2.75, 3.05) is 17.2 Å². The molecule has 1 fully saturated rings. The highest BCUT2D eigenvalue weighted by atomic mass is 19.1. The number of aromatic nitrogens is 4. The van der Waals surface area contributed by atoms with Gasteiger partial charge in [0.2, 0.25) is 11.9 Å². The van der Waals surface area contributed by atoms with Crippen molar-refractivity contribution >= 4 is 28.7 Å². The second-order valence-electron chi connectivity index (χ2n) is 7.59. The number of nitrogens with one attached hydrogen (secondary N) is 2. The summed E-state index contributed by atoms with van der Waals surface area (Å²) in [4.78, 5) is 13.1. The molecule has 0 unspecified atom stereocenters. The van der Waals surface area contributed by atoms with Crippen LogP contribution >= 0.6 is 0 Å². The number of halogens is 3. The van der Waals surface area contributed by atoms with Gasteiger partial charge in [-0.1, -0.05) is 7.43 Å². The summed E-state index contributed by atoms with van der Waals surface area (Å²) in [5.74, 6) is -2.73. The van der Waals surface area contributed by atoms with Gasteiger partial charge in [-0.2, -0.15) is 4.98 Å². The Morgan fingerprint density at radius 3 is 2.41 bits per heavy atom. The van der Waals surface area contributed by atoms with Crippen LogP contribution in [0.2, 0.25) is 0 Å². The average Bonchev–Trinajstić information content (AvgIpc) is 3.07. The van der Waals surface area contributed by atoms with E-state index in [-0.39, 0.29) is 38.7 Å². The van der Waals surface area contributed by atoms with Gasteiger partial charge >= 0.3 is 0 Å². The number of fused-ring (bicyclic) bond motifs is 1. The van der Waals surface area contributed by atoms with Crippen LogP contribution < -0.4 is 10.6 Å². The number of benzene rings is 1. The molecule has 174 valence electrons. The molecular formula is C21H27F3N6O2. The lowest BCUT2D eigenvalue weighted by Gasteiger charge is -2.26. The third-order valence-corrected chi connectivity index (χ3v) is 5.30. The van der Waals surface area contributed by atoms with Gasteiger partial charge in [-0.3, -0.25) is 4.57 Å². The summed E-state index contributed by atoms with van der Waals surface area (Å²) in [5.41, 5.74) is 0.286. The summed E-state index contributed by atoms with van der Waals surface area (Å²) in [6.07, 6.45) is 4.59. The summed E-state index contributed by atoms with van der Waals surface area (Å²) < 4.78 is 43.0. The quantitative estimate of drug-likeness (QED) is 0.433. The average molecular weight is 452 g/mol. The fourth-order valence-electron chi connectivity index (χ4n) is 3.70. The van der Waals surface area contributed by atoms with Crippen LogP contribution in [0.1, 0.15) is 39.5 Å². The summed E-state index contributed by atoms with van der Waals surface area (Å²) in [5, 5.41) is 24.7. The summed E-state index contributed by atoms with van der Waals surface area (Å²) in [7, 11) is 0. The van der Waals surface area contributed by atoms with Crippen molar-refractivity contribution in [1.29, 1.82) is 0 Å². The molecule has 1 aliphatic carbocycles. The molecule has 0 saturated heterocycles. The molecule has 0 spiro atoms. The van der Waals surface area contributed by atoms with Gasteiger partial charge in [-0.15, -0.1) is 0 Å². The molecule has 0 atom stereocenters. The number of hydrogen-bond donors (Lipinski definition) is 4. The third kappa shape index (κ3) is 5.10. The van der Waals surface area contributed by atoms with Gasteiger partial charge in [0.25, 0.3) is 0 Å². The molecule has 1 aromatic carbocycles. The molecule has 0 bridgehead atoms. The first-order valence-corrected chi connectivity index (χ1v) is 10.1. The molecule has 0 radical (unpaired) electrons. The first-order chi connectivity index (χ1) is 14.9. The Kier molecular flexibility index (Phi) is 7.52. The van der Waals surface area contributed by atoms with E-state index < -0.39 is 23.1 Å². The van der Waals surface area contributed by atoms with Gasteiger partial charge in [0.1, 0.15) is 17.0 Å². The Labute approximate surface area is 183 Å². The van der Waals surface area contributed by atoms with Crippen molar-refractivity contribution < 1.29 is 23.4 Å². The Morgan fingerprint density at radius 1 is 1.06 bits per heavy atom. The highest BCUT2D eigenvalue weighted by Gasteiger charge is 2.21. The largest absolute Gasteiger partial charge is 0.396 e. The van der Waals surface area contributed by atoms with Crippen molar-refractivity contribution in [3.8, 4) is 0 Å². The minimum absolute atomic E-state index is 0. The van der Waals surface area contributed by atoms with Gasteiger partial charge in [0, 0.05) is 31.3 Å². The minimum atomic E-state index is -1.09. The Balaban J connectivity index is 0.00000289. The first kappa shape index (κ1) is 23.7. The second-order valence-corrected chi connectivity index (χ2v) is 7.59. The highest BCUT2D eigenvalue weighted by molar-refractivity contribution is 5.76. The van der Waals surface area contributed by atoms with Gasteiger partial charge in [-0.25, -0.2) is 23.1 Å². The van der Waals surface area contributed by atoms with Crippen LogP contribution in [0, 0.1) is 17.5 Å². The predicted octanol–water partition coefficient (Wildman–Crippen LogP) is 3.72. The van der Waals surface area contributed by atoms with Crippen molar-refractivity contribution in [2.24, 2.45) is 0 Å². The maximum atomic E-state index is 14.1. The van der Waals surface area contributed by atoms with Crippen LogP contribution in [0.4, 0.5) is 30.8 Å². The van der Waals surface area contributed by atoms with Crippen molar-refractivity contribution in [1.82, 2.24) is 19.5 Å². The zero-order valence-corrected chi connectivity index (χ0v) is 16.7. The van der Waals surface area contributed by atoms with Crippen LogP contribution in [0.3, 0.4) is 0 Å². The molecule has 4 rings (SSSR count). The molecule has 1 saturated carbocycles. The van der Waals surface area contributed by atoms with Crippen LogP contribution in [-0.2, 0) is 6.54 Å². The SMILES string of the molecule is C.OCCCn1c(Nc2c(F)cc(F)cc2F)nc2cnc(NC3CCC(O)CC3)nc21. The summed E-state index contributed by atoms with van der Waals surface area (Å²) >= 11 is 0. The predicted molar refractivity (Wildman–Crippen MR) is 115 cm³/mol. The lowest BCUT2D eigenvalue weighted by molar-refractivity contribution is 0.126. The fraction of sp³-hybridized carbons (Fsp3) is 0.476. The molecule has 3 aromatic rings. The monoisotopic (exact) mass is 452 g/mol. The number of aliphatic hydroxyl groups is 2. The maximum Gasteiger partial charge on any atom is 0.224 e. The summed E-state index contributed by atoms with van der Waals surface area (Å²) in [6.45, 7) is 0.185. The topological polar surface area (TPSA) is 108 Å². The lowest BCUT2D eigenvalue weighted by atomic mass is 9.93. The minimum Gasteiger partial charge on any atom is -0.396 e. The van der Waals surface area contributed by atoms with Crippen molar-refractivity contribution in [2.45, 2.75) is 58.2 Å². The van der Waals surface area contributed by atoms with E-state index in [0.717, 1.165) is 12.8 Å². The molecule has 32 heavy (non-hydrogen) atoms. The maximum absolute atomic E-state index is 14.1. The molecule has 4 N–H and O–H groups in total. The second kappa shape index (κ2) is 10.1. The number of rotatable bonds is 7. The molecule has 11 heteroatoms. The van der Waals surface area contributed by atoms with E-state index in [4.69, 9.17) is 0 Å². The molecule has 0 amide bonds. The van der Waals surface area contributed by atoms with Gasteiger partial charge < -0.3 is 20.8 Å². The number of aryl methyl sites for hydroxylation is 1. The van der Waals surface area contributed by atoms with E-state index in [2.05, 4.69) is 25.6 Å². The molecular weight excluding hydrogens is 425 g/mol. The number of nitrogens with zero attached hydrogens (tertiary/aromatic N) is 4. The molecule has 0 aliphatic heterocycles. The van der Waals surface area contributed by atoms with E-state index >= 15 is 0 Å². The zero-order chi connectivity index (χ0) is 22.0. The number of anilines is 3. The lowest BCUT2D eigenvalue weighted by Crippen LogP contribution is -2.28. The molecule has 2 aromatic heterocycles. The van der Waals surface area contributed by atoms with Crippen LogP contribution in [0.15, 0.2) is 18.3 Å². The highest BCUT2D eigenvalue weighted by Crippen LogP contribution is 2.27. The Hall–Kier alpha value is -2.92. The fourth-order valence-corrected chi connectivity index (χ4v) is 3.70. The number of imidazole rings is 1. The Bertz CT molecular complexity index is 1050. The van der Waals surface area contributed by atoms with Gasteiger partial charge in [-0.05, 0) is 32.1 Å². The van der Waals surface area contributed by atoms with Crippen molar-refractivity contribution in [3.05, 3.63) is 35.8 Å². The van der Waals surface area contributed by atoms with Gasteiger partial charge in [0.15, 0.2) is 17.3 Å². The van der Waals surface area contributed by atoms with E-state index in [1.807, 2.05) is 0 Å². The first-order valence-electron chi connectivity index (χ1n) is 10.1. The van der Waals surface area contributed by atoms with E-state index in [1.165, 1.54) is 6.20 Å². The third-order valence-electron chi connectivity index (χ3n) is 5.30. The summed E-state index contributed by atoms with van der Waals surface area (Å²) in [6, 6.07) is 1.29. The molecule has 2 heterocycles. The van der Waals surface area contributed by atoms with E-state index in [9.17, 15) is 23.4 Å². The Morgan fingerprint density at radius 2 is 1.75 bits per heavy atom. The smallest absolute Gasteiger partial charge is 0.224 e. The van der Waals surface area contributed by atoms with E-state index in [0.29, 0.717) is 48.5 Å². The van der Waals surface area contributed by atoms with Crippen molar-refractivity contribution in [3.63, 3.8) is 0 Å². The molecule has 1 aliphatic rings. The van der Waals surface area contributed by atoms with Crippen LogP contribution in [0.25, 0.3) is 11.2 Å². The number of aliphatic hydroxyl groups excluding tert-OH is 2. The number of hydrogen-bond acceptors (Lipinski definition) is 7. The molecule has 8 nitrogen and oxygen atoms in total. The van der Waals surface area contributed by atoms with Crippen LogP contribution in [-0.4, -0.2) is 48.5 Å². The zero-order valence-electron chi connectivity index (χ0n) is 16.7. The standard InChI is InChI=1S/C20H23F3N6O2.CH4/c21-11-8-14(22)17(15(23)9-11)27-20-26-16-10-24-19(25-12-2-4-13(31)5-3-12)28-18(16)29(20)6-1-7-30;/h8-10,12-13,30-31H,1-7H2,(H,26,27)(H,24,25,28);1H4.